The fraction of sp³-hybridized carbons (Fsp3) is 0.150. The third-order valence-electron chi connectivity index (χ3n) is 4.36. The third kappa shape index (κ3) is 2.63. The van der Waals surface area contributed by atoms with Crippen molar-refractivity contribution in [1.82, 2.24) is 19.6 Å². The van der Waals surface area contributed by atoms with E-state index in [1.807, 2.05) is 62.4 Å². The lowest BCUT2D eigenvalue weighted by molar-refractivity contribution is 0.427. The standard InChI is InChI=1S/C20H18N4O/c1-13-17(12-16-10-6-7-11-21-16)20(25)24-19(22-13)18(14(2)23-24)15-8-4-3-5-9-15/h3-11,25H,12H2,1-2H3. The molecule has 3 aromatic heterocycles. The number of nitrogens with zero attached hydrogens (tertiary/aromatic N) is 4. The lowest BCUT2D eigenvalue weighted by Gasteiger charge is -2.10. The minimum absolute atomic E-state index is 0.124. The molecule has 25 heavy (non-hydrogen) atoms. The topological polar surface area (TPSA) is 63.3 Å². The molecule has 0 aliphatic carbocycles. The highest BCUT2D eigenvalue weighted by Crippen LogP contribution is 2.31. The van der Waals surface area contributed by atoms with E-state index in [1.165, 1.54) is 4.52 Å². The van der Waals surface area contributed by atoms with Gasteiger partial charge in [-0.05, 0) is 31.5 Å². The molecule has 0 aliphatic heterocycles. The zero-order chi connectivity index (χ0) is 17.4. The second kappa shape index (κ2) is 6.02. The minimum Gasteiger partial charge on any atom is -0.493 e. The first-order valence-electron chi connectivity index (χ1n) is 8.18. The monoisotopic (exact) mass is 330 g/mol. The number of aryl methyl sites for hydroxylation is 2. The van der Waals surface area contributed by atoms with Crippen LogP contribution in [0.15, 0.2) is 54.7 Å². The van der Waals surface area contributed by atoms with Gasteiger partial charge in [0.15, 0.2) is 5.65 Å². The summed E-state index contributed by atoms with van der Waals surface area (Å²) >= 11 is 0. The van der Waals surface area contributed by atoms with Crippen molar-refractivity contribution in [3.63, 3.8) is 0 Å². The van der Waals surface area contributed by atoms with Gasteiger partial charge in [0.05, 0.1) is 5.69 Å². The molecule has 4 aromatic rings. The molecule has 0 spiro atoms. The van der Waals surface area contributed by atoms with E-state index in [9.17, 15) is 5.11 Å². The number of benzene rings is 1. The Morgan fingerprint density at radius 1 is 0.960 bits per heavy atom. The number of hydrogen-bond donors (Lipinski definition) is 1. The summed E-state index contributed by atoms with van der Waals surface area (Å²) in [5, 5.41) is 15.3. The molecule has 0 atom stereocenters. The van der Waals surface area contributed by atoms with Gasteiger partial charge < -0.3 is 5.11 Å². The largest absolute Gasteiger partial charge is 0.493 e. The summed E-state index contributed by atoms with van der Waals surface area (Å²) in [4.78, 5) is 9.08. The molecule has 5 nitrogen and oxygen atoms in total. The van der Waals surface area contributed by atoms with Crippen molar-refractivity contribution >= 4 is 5.65 Å². The van der Waals surface area contributed by atoms with Crippen LogP contribution in [-0.2, 0) is 6.42 Å². The number of hydrogen-bond acceptors (Lipinski definition) is 4. The number of pyridine rings is 1. The second-order valence-corrected chi connectivity index (χ2v) is 6.06. The van der Waals surface area contributed by atoms with E-state index in [2.05, 4.69) is 10.1 Å². The maximum atomic E-state index is 10.8. The first-order valence-corrected chi connectivity index (χ1v) is 8.18. The highest BCUT2D eigenvalue weighted by atomic mass is 16.3. The highest BCUT2D eigenvalue weighted by Gasteiger charge is 2.19. The molecule has 1 N–H and O–H groups in total. The zero-order valence-corrected chi connectivity index (χ0v) is 14.1. The zero-order valence-electron chi connectivity index (χ0n) is 14.1. The fourth-order valence-corrected chi connectivity index (χ4v) is 3.12. The van der Waals surface area contributed by atoms with Crippen LogP contribution < -0.4 is 0 Å². The molecule has 0 amide bonds. The summed E-state index contributed by atoms with van der Waals surface area (Å²) in [6.45, 7) is 3.85. The van der Waals surface area contributed by atoms with E-state index in [0.29, 0.717) is 12.1 Å². The van der Waals surface area contributed by atoms with Gasteiger partial charge in [0.25, 0.3) is 0 Å². The van der Waals surface area contributed by atoms with Crippen LogP contribution in [0.25, 0.3) is 16.8 Å². The Kier molecular flexibility index (Phi) is 3.69. The van der Waals surface area contributed by atoms with Crippen molar-refractivity contribution in [1.29, 1.82) is 0 Å². The van der Waals surface area contributed by atoms with Crippen LogP contribution in [0.5, 0.6) is 5.88 Å². The molecule has 1 aromatic carbocycles. The molecule has 3 heterocycles. The van der Waals surface area contributed by atoms with Crippen LogP contribution in [0.2, 0.25) is 0 Å². The first-order chi connectivity index (χ1) is 12.1. The number of rotatable bonds is 3. The molecule has 0 saturated heterocycles. The van der Waals surface area contributed by atoms with E-state index in [1.54, 1.807) is 6.20 Å². The summed E-state index contributed by atoms with van der Waals surface area (Å²) < 4.78 is 1.53. The molecule has 0 saturated carbocycles. The van der Waals surface area contributed by atoms with Gasteiger partial charge in [-0.15, -0.1) is 0 Å². The Hall–Kier alpha value is -3.21. The maximum Gasteiger partial charge on any atom is 0.219 e. The summed E-state index contributed by atoms with van der Waals surface area (Å²) in [7, 11) is 0. The molecule has 0 aliphatic rings. The van der Waals surface area contributed by atoms with Crippen LogP contribution in [0.4, 0.5) is 0 Å². The van der Waals surface area contributed by atoms with Crippen molar-refractivity contribution in [2.75, 3.05) is 0 Å². The normalized spacial score (nSPS) is 11.1. The molecule has 0 fully saturated rings. The van der Waals surface area contributed by atoms with E-state index in [4.69, 9.17) is 4.98 Å². The van der Waals surface area contributed by atoms with Gasteiger partial charge in [0.1, 0.15) is 0 Å². The molecular formula is C20H18N4O. The molecule has 0 radical (unpaired) electrons. The van der Waals surface area contributed by atoms with Gasteiger partial charge in [-0.1, -0.05) is 36.4 Å². The highest BCUT2D eigenvalue weighted by molar-refractivity contribution is 5.80. The van der Waals surface area contributed by atoms with Crippen LogP contribution >= 0.6 is 0 Å². The number of fused-ring (bicyclic) bond motifs is 1. The molecule has 0 bridgehead atoms. The average Bonchev–Trinajstić information content (AvgIpc) is 2.96. The smallest absolute Gasteiger partial charge is 0.219 e. The number of aromatic hydroxyl groups is 1. The Balaban J connectivity index is 1.90. The Bertz CT molecular complexity index is 1040. The Morgan fingerprint density at radius 3 is 2.44 bits per heavy atom. The fourth-order valence-electron chi connectivity index (χ4n) is 3.12. The van der Waals surface area contributed by atoms with Gasteiger partial charge in [-0.2, -0.15) is 9.61 Å². The van der Waals surface area contributed by atoms with E-state index >= 15 is 0 Å². The quantitative estimate of drug-likeness (QED) is 0.622. The van der Waals surface area contributed by atoms with Crippen molar-refractivity contribution in [2.24, 2.45) is 0 Å². The second-order valence-electron chi connectivity index (χ2n) is 6.06. The van der Waals surface area contributed by atoms with Crippen LogP contribution in [0.1, 0.15) is 22.6 Å². The molecular weight excluding hydrogens is 312 g/mol. The molecule has 124 valence electrons. The van der Waals surface area contributed by atoms with Crippen molar-refractivity contribution in [3.8, 4) is 17.0 Å². The van der Waals surface area contributed by atoms with Crippen LogP contribution in [-0.4, -0.2) is 24.7 Å². The van der Waals surface area contributed by atoms with E-state index in [0.717, 1.165) is 33.8 Å². The predicted molar refractivity (Wildman–Crippen MR) is 96.6 cm³/mol. The first kappa shape index (κ1) is 15.3. The van der Waals surface area contributed by atoms with Gasteiger partial charge in [-0.25, -0.2) is 4.98 Å². The number of aromatic nitrogens is 4. The van der Waals surface area contributed by atoms with E-state index in [-0.39, 0.29) is 5.88 Å². The summed E-state index contributed by atoms with van der Waals surface area (Å²) in [5.41, 5.74) is 5.91. The Morgan fingerprint density at radius 2 is 1.72 bits per heavy atom. The van der Waals surface area contributed by atoms with E-state index < -0.39 is 0 Å². The van der Waals surface area contributed by atoms with Crippen LogP contribution in [0.3, 0.4) is 0 Å². The molecule has 0 unspecified atom stereocenters. The maximum absolute atomic E-state index is 10.8. The Labute approximate surface area is 145 Å². The summed E-state index contributed by atoms with van der Waals surface area (Å²) in [5.74, 6) is 0.124. The van der Waals surface area contributed by atoms with Gasteiger partial charge in [0.2, 0.25) is 5.88 Å². The minimum atomic E-state index is 0.124. The van der Waals surface area contributed by atoms with Crippen LogP contribution in [0, 0.1) is 13.8 Å². The average molecular weight is 330 g/mol. The van der Waals surface area contributed by atoms with Gasteiger partial charge in [0, 0.05) is 35.1 Å². The van der Waals surface area contributed by atoms with Crippen molar-refractivity contribution in [2.45, 2.75) is 20.3 Å². The van der Waals surface area contributed by atoms with Gasteiger partial charge in [-0.3, -0.25) is 4.98 Å². The van der Waals surface area contributed by atoms with Crippen molar-refractivity contribution < 1.29 is 5.11 Å². The molecule has 5 heteroatoms. The summed E-state index contributed by atoms with van der Waals surface area (Å²) in [6, 6.07) is 15.8. The lowest BCUT2D eigenvalue weighted by atomic mass is 10.1. The lowest BCUT2D eigenvalue weighted by Crippen LogP contribution is -2.03. The molecule has 4 rings (SSSR count). The van der Waals surface area contributed by atoms with Gasteiger partial charge >= 0.3 is 0 Å². The third-order valence-corrected chi connectivity index (χ3v) is 4.36. The summed E-state index contributed by atoms with van der Waals surface area (Å²) in [6.07, 6.45) is 2.26. The SMILES string of the molecule is Cc1nc2c(-c3ccccc3)c(C)nn2c(O)c1Cc1ccccn1. The van der Waals surface area contributed by atoms with Crippen molar-refractivity contribution in [3.05, 3.63) is 77.4 Å². The predicted octanol–water partition coefficient (Wildman–Crippen LogP) is 3.70.